The van der Waals surface area contributed by atoms with Crippen LogP contribution in [0.4, 0.5) is 5.69 Å². The average molecular weight is 337 g/mol. The quantitative estimate of drug-likeness (QED) is 0.813. The van der Waals surface area contributed by atoms with Crippen LogP contribution in [0.15, 0.2) is 48.5 Å². The van der Waals surface area contributed by atoms with Crippen molar-refractivity contribution in [2.75, 3.05) is 31.5 Å². The number of nitrogens with zero attached hydrogens (tertiary/aromatic N) is 1. The largest absolute Gasteiger partial charge is 0.384 e. The highest BCUT2D eigenvalue weighted by atomic mass is 16.1. The van der Waals surface area contributed by atoms with Gasteiger partial charge in [0.2, 0.25) is 0 Å². The predicted molar refractivity (Wildman–Crippen MR) is 103 cm³/mol. The highest BCUT2D eigenvalue weighted by Crippen LogP contribution is 2.23. The number of likely N-dealkylation sites (N-methyl/N-ethyl adjacent to an activating group) is 1. The first-order chi connectivity index (χ1) is 12.2. The molecule has 1 aliphatic heterocycles. The Labute approximate surface area is 150 Å². The fourth-order valence-electron chi connectivity index (χ4n) is 3.53. The molecule has 2 aromatic carbocycles. The minimum Gasteiger partial charge on any atom is -0.384 e. The minimum absolute atomic E-state index is 0.00258. The summed E-state index contributed by atoms with van der Waals surface area (Å²) < 4.78 is 0. The average Bonchev–Trinajstić information content (AvgIpc) is 3.13. The summed E-state index contributed by atoms with van der Waals surface area (Å²) in [5.41, 5.74) is 4.37. The lowest BCUT2D eigenvalue weighted by atomic mass is 10.0. The van der Waals surface area contributed by atoms with Gasteiger partial charge in [-0.1, -0.05) is 44.2 Å². The zero-order chi connectivity index (χ0) is 17.6. The number of hydrogen-bond donors (Lipinski definition) is 2. The molecule has 0 saturated carbocycles. The molecule has 0 radical (unpaired) electrons. The molecule has 0 aromatic heterocycles. The summed E-state index contributed by atoms with van der Waals surface area (Å²) in [6.07, 6.45) is 0.989. The van der Waals surface area contributed by atoms with E-state index >= 15 is 0 Å². The molecule has 1 aliphatic rings. The number of anilines is 1. The summed E-state index contributed by atoms with van der Waals surface area (Å²) in [7, 11) is 0. The molecule has 3 rings (SSSR count). The number of carbonyl (C=O) groups is 1. The first-order valence-corrected chi connectivity index (χ1v) is 9.17. The number of carbonyl (C=O) groups excluding carboxylic acids is 1. The van der Waals surface area contributed by atoms with Crippen LogP contribution in [-0.2, 0) is 6.42 Å². The maximum Gasteiger partial charge on any atom is 0.251 e. The van der Waals surface area contributed by atoms with E-state index in [0.717, 1.165) is 37.3 Å². The number of benzene rings is 2. The maximum absolute atomic E-state index is 12.6. The molecule has 4 nitrogen and oxygen atoms in total. The molecule has 25 heavy (non-hydrogen) atoms. The van der Waals surface area contributed by atoms with Crippen molar-refractivity contribution in [2.24, 2.45) is 0 Å². The molecule has 132 valence electrons. The van der Waals surface area contributed by atoms with Crippen LogP contribution < -0.4 is 10.6 Å². The first kappa shape index (κ1) is 17.5. The lowest BCUT2D eigenvalue weighted by Crippen LogP contribution is -2.38. The van der Waals surface area contributed by atoms with E-state index in [9.17, 15) is 4.79 Å². The highest BCUT2D eigenvalue weighted by molar-refractivity contribution is 5.95. The van der Waals surface area contributed by atoms with Gasteiger partial charge in [0, 0.05) is 24.3 Å². The van der Waals surface area contributed by atoms with Gasteiger partial charge in [-0.25, -0.2) is 0 Å². The van der Waals surface area contributed by atoms with E-state index in [0.29, 0.717) is 6.54 Å². The zero-order valence-electron chi connectivity index (χ0n) is 15.1. The van der Waals surface area contributed by atoms with Gasteiger partial charge in [-0.15, -0.1) is 0 Å². The third kappa shape index (κ3) is 4.02. The van der Waals surface area contributed by atoms with Crippen LogP contribution in [0, 0.1) is 0 Å². The lowest BCUT2D eigenvalue weighted by Gasteiger charge is -2.30. The van der Waals surface area contributed by atoms with Crippen molar-refractivity contribution in [3.63, 3.8) is 0 Å². The Kier molecular flexibility index (Phi) is 5.71. The van der Waals surface area contributed by atoms with Gasteiger partial charge in [0.15, 0.2) is 0 Å². The molecule has 1 amide bonds. The van der Waals surface area contributed by atoms with Crippen molar-refractivity contribution in [1.82, 2.24) is 10.2 Å². The van der Waals surface area contributed by atoms with Crippen molar-refractivity contribution >= 4 is 11.6 Å². The van der Waals surface area contributed by atoms with Gasteiger partial charge in [-0.3, -0.25) is 9.69 Å². The number of fused-ring (bicyclic) bond motifs is 1. The molecule has 0 fully saturated rings. The minimum atomic E-state index is 0.00258. The summed E-state index contributed by atoms with van der Waals surface area (Å²) >= 11 is 0. The fraction of sp³-hybridized carbons (Fsp3) is 0.381. The van der Waals surface area contributed by atoms with Gasteiger partial charge in [-0.2, -0.15) is 0 Å². The van der Waals surface area contributed by atoms with E-state index in [1.807, 2.05) is 24.3 Å². The van der Waals surface area contributed by atoms with E-state index in [2.05, 4.69) is 53.6 Å². The fourth-order valence-corrected chi connectivity index (χ4v) is 3.53. The van der Waals surface area contributed by atoms with Gasteiger partial charge < -0.3 is 10.6 Å². The zero-order valence-corrected chi connectivity index (χ0v) is 15.1. The summed E-state index contributed by atoms with van der Waals surface area (Å²) in [4.78, 5) is 15.0. The molecule has 1 atom stereocenters. The van der Waals surface area contributed by atoms with Gasteiger partial charge in [0.1, 0.15) is 0 Å². The predicted octanol–water partition coefficient (Wildman–Crippen LogP) is 3.47. The van der Waals surface area contributed by atoms with Crippen LogP contribution in [0.3, 0.4) is 0 Å². The van der Waals surface area contributed by atoms with Gasteiger partial charge in [0.05, 0.1) is 6.04 Å². The number of amides is 1. The number of rotatable bonds is 7. The Hall–Kier alpha value is -2.33. The Bertz CT molecular complexity index is 710. The molecule has 1 heterocycles. The Balaban J connectivity index is 1.71. The van der Waals surface area contributed by atoms with Gasteiger partial charge in [-0.05, 0) is 48.8 Å². The Morgan fingerprint density at radius 2 is 1.92 bits per heavy atom. The molecular formula is C21H27N3O. The number of hydrogen-bond acceptors (Lipinski definition) is 3. The smallest absolute Gasteiger partial charge is 0.251 e. The van der Waals surface area contributed by atoms with Gasteiger partial charge in [0.25, 0.3) is 5.91 Å². The van der Waals surface area contributed by atoms with Crippen LogP contribution in [0.5, 0.6) is 0 Å². The van der Waals surface area contributed by atoms with E-state index in [4.69, 9.17) is 0 Å². The van der Waals surface area contributed by atoms with Crippen LogP contribution in [-0.4, -0.2) is 37.0 Å². The van der Waals surface area contributed by atoms with E-state index in [1.54, 1.807) is 0 Å². The second kappa shape index (κ2) is 8.17. The normalized spacial score (nSPS) is 14.0. The molecule has 0 aliphatic carbocycles. The topological polar surface area (TPSA) is 44.4 Å². The highest BCUT2D eigenvalue weighted by Gasteiger charge is 2.19. The summed E-state index contributed by atoms with van der Waals surface area (Å²) in [6, 6.07) is 16.5. The molecule has 2 aromatic rings. The lowest BCUT2D eigenvalue weighted by molar-refractivity contribution is 0.0935. The molecular weight excluding hydrogens is 310 g/mol. The number of nitrogens with one attached hydrogen (secondary N) is 2. The maximum atomic E-state index is 12.6. The van der Waals surface area contributed by atoms with Crippen LogP contribution in [0.2, 0.25) is 0 Å². The third-order valence-corrected chi connectivity index (χ3v) is 4.97. The Morgan fingerprint density at radius 3 is 2.64 bits per heavy atom. The Morgan fingerprint density at radius 1 is 1.16 bits per heavy atom. The van der Waals surface area contributed by atoms with E-state index < -0.39 is 0 Å². The molecule has 4 heteroatoms. The molecule has 2 N–H and O–H groups in total. The van der Waals surface area contributed by atoms with E-state index in [1.165, 1.54) is 11.1 Å². The molecule has 0 saturated heterocycles. The monoisotopic (exact) mass is 337 g/mol. The third-order valence-electron chi connectivity index (χ3n) is 4.97. The molecule has 0 spiro atoms. The van der Waals surface area contributed by atoms with Crippen molar-refractivity contribution in [3.05, 3.63) is 65.2 Å². The van der Waals surface area contributed by atoms with Crippen molar-refractivity contribution in [2.45, 2.75) is 26.3 Å². The first-order valence-electron chi connectivity index (χ1n) is 9.17. The van der Waals surface area contributed by atoms with Crippen molar-refractivity contribution in [1.29, 1.82) is 0 Å². The molecule has 0 bridgehead atoms. The van der Waals surface area contributed by atoms with Gasteiger partial charge >= 0.3 is 0 Å². The summed E-state index contributed by atoms with van der Waals surface area (Å²) in [5, 5.41) is 6.47. The van der Waals surface area contributed by atoms with Crippen LogP contribution >= 0.6 is 0 Å². The van der Waals surface area contributed by atoms with Crippen LogP contribution in [0.1, 0.15) is 41.4 Å². The SMILES string of the molecule is CCN(CC)C(CNC(=O)c1ccc2c(c1)CCN2)c1ccccc1. The summed E-state index contributed by atoms with van der Waals surface area (Å²) in [6.45, 7) is 7.80. The second-order valence-corrected chi connectivity index (χ2v) is 6.41. The summed E-state index contributed by atoms with van der Waals surface area (Å²) in [5.74, 6) is 0.00258. The second-order valence-electron chi connectivity index (χ2n) is 6.41. The molecule has 1 unspecified atom stereocenters. The standard InChI is InChI=1S/C21H27N3O/c1-3-24(4-2)20(16-8-6-5-7-9-16)15-23-21(25)18-10-11-19-17(14-18)12-13-22-19/h5-11,14,20,22H,3-4,12-13,15H2,1-2H3,(H,23,25). The van der Waals surface area contributed by atoms with Crippen molar-refractivity contribution < 1.29 is 4.79 Å². The van der Waals surface area contributed by atoms with Crippen molar-refractivity contribution in [3.8, 4) is 0 Å². The van der Waals surface area contributed by atoms with E-state index in [-0.39, 0.29) is 11.9 Å². The van der Waals surface area contributed by atoms with Crippen LogP contribution in [0.25, 0.3) is 0 Å².